The lowest BCUT2D eigenvalue weighted by Gasteiger charge is -2.10. The second-order valence-corrected chi connectivity index (χ2v) is 5.65. The molecule has 0 saturated heterocycles. The van der Waals surface area contributed by atoms with E-state index in [0.717, 1.165) is 26.2 Å². The molecule has 25 heavy (non-hydrogen) atoms. The predicted octanol–water partition coefficient (Wildman–Crippen LogP) is -0.419. The Bertz CT molecular complexity index is 547. The van der Waals surface area contributed by atoms with Crippen molar-refractivity contribution in [3.05, 3.63) is 24.3 Å². The van der Waals surface area contributed by atoms with Gasteiger partial charge in [-0.25, -0.2) is 0 Å². The molecular weight excluding hydrogens is 326 g/mol. The van der Waals surface area contributed by atoms with Crippen LogP contribution in [0.1, 0.15) is 0 Å². The van der Waals surface area contributed by atoms with E-state index in [-0.39, 0.29) is 23.5 Å². The van der Waals surface area contributed by atoms with Crippen LogP contribution in [0.2, 0.25) is 0 Å². The lowest BCUT2D eigenvalue weighted by atomic mass is 10.5. The summed E-state index contributed by atoms with van der Waals surface area (Å²) in [5.41, 5.74) is 0. The van der Waals surface area contributed by atoms with E-state index in [1.807, 2.05) is 0 Å². The number of aromatic hydroxyl groups is 4. The zero-order chi connectivity index (χ0) is 18.1. The molecule has 2 aromatic heterocycles. The molecular formula is C16H27N5O4. The predicted molar refractivity (Wildman–Crippen MR) is 94.1 cm³/mol. The van der Waals surface area contributed by atoms with Gasteiger partial charge >= 0.3 is 0 Å². The normalized spacial score (nSPS) is 11.2. The Morgan fingerprint density at radius 2 is 0.800 bits per heavy atom. The Balaban J connectivity index is 1.41. The smallest absolute Gasteiger partial charge is 0.193 e. The van der Waals surface area contributed by atoms with Crippen molar-refractivity contribution >= 4 is 0 Å². The quantitative estimate of drug-likeness (QED) is 0.258. The van der Waals surface area contributed by atoms with E-state index in [1.165, 1.54) is 33.4 Å². The summed E-state index contributed by atoms with van der Waals surface area (Å²) in [4.78, 5) is 0. The second-order valence-electron chi connectivity index (χ2n) is 5.65. The third kappa shape index (κ3) is 5.89. The summed E-state index contributed by atoms with van der Waals surface area (Å²) in [7, 11) is 0. The van der Waals surface area contributed by atoms with Crippen molar-refractivity contribution in [1.82, 2.24) is 25.1 Å². The molecule has 140 valence electrons. The lowest BCUT2D eigenvalue weighted by molar-refractivity contribution is 0.365. The fourth-order valence-electron chi connectivity index (χ4n) is 2.46. The second kappa shape index (κ2) is 9.82. The number of aromatic nitrogens is 2. The Morgan fingerprint density at radius 1 is 0.520 bits per heavy atom. The Morgan fingerprint density at radius 3 is 1.12 bits per heavy atom. The molecule has 2 rings (SSSR count). The molecule has 9 nitrogen and oxygen atoms in total. The van der Waals surface area contributed by atoms with Gasteiger partial charge in [0.1, 0.15) is 0 Å². The molecule has 0 aliphatic carbocycles. The molecule has 0 spiro atoms. The molecule has 0 saturated carbocycles. The summed E-state index contributed by atoms with van der Waals surface area (Å²) < 4.78 is 2.87. The molecule has 0 aromatic carbocycles. The van der Waals surface area contributed by atoms with Crippen LogP contribution in [-0.4, -0.2) is 68.8 Å². The maximum absolute atomic E-state index is 9.49. The third-order valence-electron chi connectivity index (χ3n) is 3.85. The maximum atomic E-state index is 9.49. The van der Waals surface area contributed by atoms with E-state index in [9.17, 15) is 20.4 Å². The Kier molecular flexibility index (Phi) is 7.45. The number of nitrogens with one attached hydrogen (secondary N) is 3. The van der Waals surface area contributed by atoms with E-state index >= 15 is 0 Å². The minimum atomic E-state index is 0.0602. The fourth-order valence-corrected chi connectivity index (χ4v) is 2.46. The highest BCUT2D eigenvalue weighted by Gasteiger charge is 2.05. The van der Waals surface area contributed by atoms with Crippen molar-refractivity contribution < 1.29 is 20.4 Å². The van der Waals surface area contributed by atoms with Gasteiger partial charge in [0, 0.05) is 76.6 Å². The van der Waals surface area contributed by atoms with Crippen LogP contribution >= 0.6 is 0 Å². The summed E-state index contributed by atoms with van der Waals surface area (Å²) in [6.45, 7) is 5.51. The van der Waals surface area contributed by atoms with Gasteiger partial charge in [0.15, 0.2) is 23.5 Å². The number of hydrogen-bond acceptors (Lipinski definition) is 7. The minimum Gasteiger partial charge on any atom is -0.494 e. The largest absolute Gasteiger partial charge is 0.494 e. The molecule has 0 amide bonds. The summed E-state index contributed by atoms with van der Waals surface area (Å²) in [5.74, 6) is 0.241. The molecule has 0 fully saturated rings. The summed E-state index contributed by atoms with van der Waals surface area (Å²) in [5, 5.41) is 47.7. The van der Waals surface area contributed by atoms with Crippen molar-refractivity contribution in [3.8, 4) is 23.5 Å². The third-order valence-corrected chi connectivity index (χ3v) is 3.85. The highest BCUT2D eigenvalue weighted by atomic mass is 16.3. The van der Waals surface area contributed by atoms with Crippen LogP contribution in [0.5, 0.6) is 23.5 Å². The number of nitrogens with zero attached hydrogens (tertiary/aromatic N) is 2. The Hall–Kier alpha value is -2.36. The van der Waals surface area contributed by atoms with Gasteiger partial charge in [-0.05, 0) is 0 Å². The van der Waals surface area contributed by atoms with Gasteiger partial charge in [0.05, 0.1) is 0 Å². The van der Waals surface area contributed by atoms with E-state index in [2.05, 4.69) is 16.0 Å². The van der Waals surface area contributed by atoms with Crippen LogP contribution in [-0.2, 0) is 13.1 Å². The number of rotatable bonds is 12. The van der Waals surface area contributed by atoms with E-state index in [0.29, 0.717) is 26.2 Å². The highest BCUT2D eigenvalue weighted by Crippen LogP contribution is 2.20. The molecule has 0 bridgehead atoms. The van der Waals surface area contributed by atoms with Crippen molar-refractivity contribution in [2.24, 2.45) is 0 Å². The average Bonchev–Trinajstić information content (AvgIpc) is 3.08. The summed E-state index contributed by atoms with van der Waals surface area (Å²) in [6.07, 6.45) is 0. The zero-order valence-corrected chi connectivity index (χ0v) is 14.1. The summed E-state index contributed by atoms with van der Waals surface area (Å²) >= 11 is 0. The first-order chi connectivity index (χ1) is 12.1. The molecule has 2 heterocycles. The maximum Gasteiger partial charge on any atom is 0.193 e. The van der Waals surface area contributed by atoms with Crippen LogP contribution in [0.25, 0.3) is 0 Å². The topological polar surface area (TPSA) is 127 Å². The molecule has 7 N–H and O–H groups in total. The molecule has 0 radical (unpaired) electrons. The van der Waals surface area contributed by atoms with Gasteiger partial charge in [-0.2, -0.15) is 0 Å². The molecule has 0 unspecified atom stereocenters. The molecule has 0 aliphatic heterocycles. The Labute approximate surface area is 146 Å². The van der Waals surface area contributed by atoms with Gasteiger partial charge in [-0.1, -0.05) is 0 Å². The zero-order valence-electron chi connectivity index (χ0n) is 14.1. The van der Waals surface area contributed by atoms with Gasteiger partial charge in [0.2, 0.25) is 0 Å². The van der Waals surface area contributed by atoms with Crippen molar-refractivity contribution in [3.63, 3.8) is 0 Å². The molecule has 0 aliphatic rings. The van der Waals surface area contributed by atoms with Gasteiger partial charge < -0.3 is 36.4 Å². The minimum absolute atomic E-state index is 0.0602. The summed E-state index contributed by atoms with van der Waals surface area (Å²) in [6, 6.07) is 5.84. The SMILES string of the molecule is Oc1ccc(O)n1CCNCCNCCNCCn1c(O)ccc1O. The fraction of sp³-hybridized carbons (Fsp3) is 0.500. The van der Waals surface area contributed by atoms with Crippen LogP contribution in [0.3, 0.4) is 0 Å². The van der Waals surface area contributed by atoms with Crippen LogP contribution in [0, 0.1) is 0 Å². The standard InChI is InChI=1S/C16H27N5O4/c22-13-1-2-14(23)20(13)11-9-18-7-5-17-6-8-19-10-12-21-15(24)3-4-16(21)25/h1-4,17-19,22-25H,5-12H2. The van der Waals surface area contributed by atoms with Crippen LogP contribution in [0.4, 0.5) is 0 Å². The molecule has 2 aromatic rings. The van der Waals surface area contributed by atoms with Crippen molar-refractivity contribution in [2.75, 3.05) is 39.3 Å². The van der Waals surface area contributed by atoms with Gasteiger partial charge in [-0.3, -0.25) is 9.13 Å². The monoisotopic (exact) mass is 353 g/mol. The highest BCUT2D eigenvalue weighted by molar-refractivity contribution is 5.24. The first-order valence-corrected chi connectivity index (χ1v) is 8.36. The average molecular weight is 353 g/mol. The first kappa shape index (κ1) is 19.0. The first-order valence-electron chi connectivity index (χ1n) is 8.36. The van der Waals surface area contributed by atoms with Gasteiger partial charge in [-0.15, -0.1) is 0 Å². The van der Waals surface area contributed by atoms with Gasteiger partial charge in [0.25, 0.3) is 0 Å². The van der Waals surface area contributed by atoms with E-state index in [4.69, 9.17) is 0 Å². The molecule has 0 atom stereocenters. The lowest BCUT2D eigenvalue weighted by Crippen LogP contribution is -2.34. The van der Waals surface area contributed by atoms with E-state index < -0.39 is 0 Å². The van der Waals surface area contributed by atoms with Crippen molar-refractivity contribution in [1.29, 1.82) is 0 Å². The van der Waals surface area contributed by atoms with Crippen LogP contribution < -0.4 is 16.0 Å². The number of hydrogen-bond donors (Lipinski definition) is 7. The van der Waals surface area contributed by atoms with E-state index in [1.54, 1.807) is 0 Å². The molecule has 9 heteroatoms. The van der Waals surface area contributed by atoms with Crippen LogP contribution in [0.15, 0.2) is 24.3 Å². The van der Waals surface area contributed by atoms with Crippen molar-refractivity contribution in [2.45, 2.75) is 13.1 Å².